The van der Waals surface area contributed by atoms with E-state index < -0.39 is 0 Å². The van der Waals surface area contributed by atoms with Crippen LogP contribution in [0.5, 0.6) is 0 Å². The van der Waals surface area contributed by atoms with Gasteiger partial charge in [0.15, 0.2) is 0 Å². The number of nitrogens with two attached hydrogens (primary N) is 1. The Bertz CT molecular complexity index is 382. The highest BCUT2D eigenvalue weighted by molar-refractivity contribution is 9.10. The van der Waals surface area contributed by atoms with Gasteiger partial charge in [-0.15, -0.1) is 11.3 Å². The van der Waals surface area contributed by atoms with Gasteiger partial charge in [0.2, 0.25) is 0 Å². The van der Waals surface area contributed by atoms with Crippen molar-refractivity contribution < 1.29 is 4.42 Å². The molecule has 0 amide bonds. The standard InChI is InChI=1S/C9H8BrNOS/c10-6-3-5-13-9(6)8(11)7-2-1-4-12-7/h1-5,8H,11H2. The Morgan fingerprint density at radius 3 is 2.85 bits per heavy atom. The van der Waals surface area contributed by atoms with Crippen LogP contribution in [0.15, 0.2) is 38.7 Å². The quantitative estimate of drug-likeness (QED) is 0.898. The van der Waals surface area contributed by atoms with E-state index >= 15 is 0 Å². The first-order valence-electron chi connectivity index (χ1n) is 3.81. The van der Waals surface area contributed by atoms with Crippen LogP contribution < -0.4 is 5.73 Å². The lowest BCUT2D eigenvalue weighted by molar-refractivity contribution is 0.491. The Morgan fingerprint density at radius 2 is 2.31 bits per heavy atom. The van der Waals surface area contributed by atoms with Crippen LogP contribution in [0.3, 0.4) is 0 Å². The van der Waals surface area contributed by atoms with E-state index in [1.165, 1.54) is 0 Å². The van der Waals surface area contributed by atoms with Gasteiger partial charge in [-0.3, -0.25) is 0 Å². The molecule has 0 bridgehead atoms. The van der Waals surface area contributed by atoms with Crippen molar-refractivity contribution in [3.63, 3.8) is 0 Å². The first-order chi connectivity index (χ1) is 6.29. The number of thiophene rings is 1. The maximum atomic E-state index is 5.99. The molecule has 2 nitrogen and oxygen atoms in total. The molecule has 2 N–H and O–H groups in total. The van der Waals surface area contributed by atoms with Crippen LogP contribution in [0.2, 0.25) is 0 Å². The van der Waals surface area contributed by atoms with Crippen molar-refractivity contribution in [2.75, 3.05) is 0 Å². The largest absolute Gasteiger partial charge is 0.467 e. The number of halogens is 1. The molecule has 2 heterocycles. The minimum Gasteiger partial charge on any atom is -0.467 e. The molecule has 0 fully saturated rings. The molecule has 13 heavy (non-hydrogen) atoms. The van der Waals surface area contributed by atoms with Gasteiger partial charge in [-0.2, -0.15) is 0 Å². The molecule has 0 radical (unpaired) electrons. The zero-order chi connectivity index (χ0) is 9.26. The number of furan rings is 1. The first-order valence-corrected chi connectivity index (χ1v) is 5.48. The molecule has 0 spiro atoms. The second-order valence-corrected chi connectivity index (χ2v) is 4.43. The van der Waals surface area contributed by atoms with Crippen molar-refractivity contribution in [1.29, 1.82) is 0 Å². The lowest BCUT2D eigenvalue weighted by Gasteiger charge is -2.06. The highest BCUT2D eigenvalue weighted by Gasteiger charge is 2.15. The van der Waals surface area contributed by atoms with Crippen LogP contribution in [0.25, 0.3) is 0 Å². The van der Waals surface area contributed by atoms with Crippen molar-refractivity contribution in [2.45, 2.75) is 6.04 Å². The van der Waals surface area contributed by atoms with Crippen LogP contribution in [0.1, 0.15) is 16.7 Å². The first kappa shape index (κ1) is 8.99. The van der Waals surface area contributed by atoms with Gasteiger partial charge in [0.05, 0.1) is 12.3 Å². The molecule has 0 aliphatic carbocycles. The lowest BCUT2D eigenvalue weighted by Crippen LogP contribution is -2.09. The fourth-order valence-electron chi connectivity index (χ4n) is 1.12. The molecule has 2 rings (SSSR count). The van der Waals surface area contributed by atoms with Gasteiger partial charge in [-0.1, -0.05) is 0 Å². The maximum absolute atomic E-state index is 5.99. The molecule has 0 aliphatic heterocycles. The molecule has 1 atom stereocenters. The van der Waals surface area contributed by atoms with Crippen LogP contribution in [-0.4, -0.2) is 0 Å². The molecule has 2 aromatic rings. The molecule has 0 aromatic carbocycles. The summed E-state index contributed by atoms with van der Waals surface area (Å²) < 4.78 is 6.28. The van der Waals surface area contributed by atoms with E-state index in [0.717, 1.165) is 15.1 Å². The fraction of sp³-hybridized carbons (Fsp3) is 0.111. The minimum atomic E-state index is -0.163. The topological polar surface area (TPSA) is 39.2 Å². The highest BCUT2D eigenvalue weighted by atomic mass is 79.9. The second kappa shape index (κ2) is 3.65. The van der Waals surface area contributed by atoms with Gasteiger partial charge < -0.3 is 10.2 Å². The number of hydrogen-bond acceptors (Lipinski definition) is 3. The summed E-state index contributed by atoms with van der Waals surface area (Å²) in [4.78, 5) is 1.09. The van der Waals surface area contributed by atoms with E-state index in [2.05, 4.69) is 15.9 Å². The van der Waals surface area contributed by atoms with Gasteiger partial charge in [0.25, 0.3) is 0 Å². The van der Waals surface area contributed by atoms with E-state index in [1.54, 1.807) is 17.6 Å². The van der Waals surface area contributed by atoms with E-state index in [9.17, 15) is 0 Å². The van der Waals surface area contributed by atoms with Gasteiger partial charge >= 0.3 is 0 Å². The van der Waals surface area contributed by atoms with Crippen molar-refractivity contribution in [3.8, 4) is 0 Å². The van der Waals surface area contributed by atoms with E-state index in [0.29, 0.717) is 0 Å². The zero-order valence-electron chi connectivity index (χ0n) is 6.74. The fourth-order valence-corrected chi connectivity index (χ4v) is 2.75. The third-order valence-electron chi connectivity index (χ3n) is 1.78. The Balaban J connectivity index is 2.33. The van der Waals surface area contributed by atoms with Crippen molar-refractivity contribution in [1.82, 2.24) is 0 Å². The average Bonchev–Trinajstić information content (AvgIpc) is 2.72. The van der Waals surface area contributed by atoms with E-state index in [-0.39, 0.29) is 6.04 Å². The molecular weight excluding hydrogens is 250 g/mol. The summed E-state index contributed by atoms with van der Waals surface area (Å²) in [6.07, 6.45) is 1.64. The molecular formula is C9H8BrNOS. The summed E-state index contributed by atoms with van der Waals surface area (Å²) in [5.74, 6) is 0.795. The zero-order valence-corrected chi connectivity index (χ0v) is 9.14. The van der Waals surface area contributed by atoms with Crippen molar-refractivity contribution in [2.24, 2.45) is 5.73 Å². The molecule has 0 saturated carbocycles. The normalized spacial score (nSPS) is 13.1. The predicted octanol–water partition coefficient (Wildman–Crippen LogP) is 3.15. The third kappa shape index (κ3) is 1.70. The van der Waals surface area contributed by atoms with Gasteiger partial charge in [-0.25, -0.2) is 0 Å². The average molecular weight is 258 g/mol. The molecule has 2 aromatic heterocycles. The summed E-state index contributed by atoms with van der Waals surface area (Å²) in [6.45, 7) is 0. The lowest BCUT2D eigenvalue weighted by atomic mass is 10.2. The Labute approximate surface area is 88.5 Å². The molecule has 0 aliphatic rings. The Morgan fingerprint density at radius 1 is 1.46 bits per heavy atom. The van der Waals surface area contributed by atoms with Gasteiger partial charge in [0.1, 0.15) is 5.76 Å². The maximum Gasteiger partial charge on any atom is 0.125 e. The molecule has 68 valence electrons. The molecule has 0 saturated heterocycles. The SMILES string of the molecule is NC(c1ccco1)c1sccc1Br. The van der Waals surface area contributed by atoms with E-state index in [1.807, 2.05) is 23.6 Å². The molecule has 1 unspecified atom stereocenters. The van der Waals surface area contributed by atoms with Crippen molar-refractivity contribution >= 4 is 27.3 Å². The number of rotatable bonds is 2. The van der Waals surface area contributed by atoms with Crippen LogP contribution in [0, 0.1) is 0 Å². The smallest absolute Gasteiger partial charge is 0.125 e. The van der Waals surface area contributed by atoms with E-state index in [4.69, 9.17) is 10.2 Å². The summed E-state index contributed by atoms with van der Waals surface area (Å²) in [5.41, 5.74) is 5.99. The monoisotopic (exact) mass is 257 g/mol. The second-order valence-electron chi connectivity index (χ2n) is 2.63. The van der Waals surface area contributed by atoms with Crippen LogP contribution >= 0.6 is 27.3 Å². The predicted molar refractivity (Wildman–Crippen MR) is 56.8 cm³/mol. The summed E-state index contributed by atoms with van der Waals surface area (Å²) >= 11 is 5.07. The Hall–Kier alpha value is -0.580. The summed E-state index contributed by atoms with van der Waals surface area (Å²) in [6, 6.07) is 5.56. The molecule has 4 heteroatoms. The summed E-state index contributed by atoms with van der Waals surface area (Å²) in [5, 5.41) is 2.00. The summed E-state index contributed by atoms with van der Waals surface area (Å²) in [7, 11) is 0. The van der Waals surface area contributed by atoms with Gasteiger partial charge in [-0.05, 0) is 39.5 Å². The van der Waals surface area contributed by atoms with Crippen molar-refractivity contribution in [3.05, 3.63) is 45.0 Å². The van der Waals surface area contributed by atoms with Gasteiger partial charge in [0, 0.05) is 9.35 Å². The highest BCUT2D eigenvalue weighted by Crippen LogP contribution is 2.31. The minimum absolute atomic E-state index is 0.163. The third-order valence-corrected chi connectivity index (χ3v) is 3.73. The van der Waals surface area contributed by atoms with Crippen LogP contribution in [0.4, 0.5) is 0 Å². The number of hydrogen-bond donors (Lipinski definition) is 1. The van der Waals surface area contributed by atoms with Crippen LogP contribution in [-0.2, 0) is 0 Å². The Kier molecular flexibility index (Phi) is 2.53.